The molecule has 1 aliphatic rings. The predicted octanol–water partition coefficient (Wildman–Crippen LogP) is 2.40. The summed E-state index contributed by atoms with van der Waals surface area (Å²) in [6.07, 6.45) is 3.25. The Bertz CT molecular complexity index is 438. The Balaban J connectivity index is 1.88. The molecular formula is C12H13N3S. The molecule has 1 aromatic rings. The number of hydrogen-bond acceptors (Lipinski definition) is 4. The van der Waals surface area contributed by atoms with Crippen LogP contribution in [-0.4, -0.2) is 6.04 Å². The van der Waals surface area contributed by atoms with E-state index in [4.69, 9.17) is 10.5 Å². The van der Waals surface area contributed by atoms with Crippen molar-refractivity contribution >= 4 is 11.3 Å². The summed E-state index contributed by atoms with van der Waals surface area (Å²) < 4.78 is 0. The second kappa shape index (κ2) is 5.12. The van der Waals surface area contributed by atoms with E-state index in [0.29, 0.717) is 6.04 Å². The fourth-order valence-electron chi connectivity index (χ4n) is 2.12. The van der Waals surface area contributed by atoms with Gasteiger partial charge in [-0.05, 0) is 25.0 Å². The van der Waals surface area contributed by atoms with Gasteiger partial charge >= 0.3 is 0 Å². The lowest BCUT2D eigenvalue weighted by Crippen LogP contribution is -2.30. The highest BCUT2D eigenvalue weighted by atomic mass is 32.1. The molecule has 1 saturated carbocycles. The highest BCUT2D eigenvalue weighted by Crippen LogP contribution is 2.25. The zero-order chi connectivity index (χ0) is 11.4. The largest absolute Gasteiger partial charge is 0.308 e. The molecular weight excluding hydrogens is 218 g/mol. The molecule has 4 heteroatoms. The zero-order valence-electron chi connectivity index (χ0n) is 8.94. The van der Waals surface area contributed by atoms with Crippen LogP contribution in [0.3, 0.4) is 0 Å². The van der Waals surface area contributed by atoms with Crippen molar-refractivity contribution in [3.63, 3.8) is 0 Å². The van der Waals surface area contributed by atoms with Crippen molar-refractivity contribution in [2.24, 2.45) is 5.92 Å². The fourth-order valence-corrected chi connectivity index (χ4v) is 2.88. The van der Waals surface area contributed by atoms with Crippen LogP contribution in [-0.2, 0) is 6.54 Å². The van der Waals surface area contributed by atoms with E-state index in [-0.39, 0.29) is 5.92 Å². The Morgan fingerprint density at radius 1 is 1.38 bits per heavy atom. The van der Waals surface area contributed by atoms with Crippen molar-refractivity contribution in [1.29, 1.82) is 10.5 Å². The Hall–Kier alpha value is -1.36. The molecule has 16 heavy (non-hydrogen) atoms. The molecule has 0 spiro atoms. The summed E-state index contributed by atoms with van der Waals surface area (Å²) in [7, 11) is 0. The van der Waals surface area contributed by atoms with Gasteiger partial charge in [0.25, 0.3) is 0 Å². The van der Waals surface area contributed by atoms with E-state index in [9.17, 15) is 0 Å². The summed E-state index contributed by atoms with van der Waals surface area (Å²) >= 11 is 1.52. The smallest absolute Gasteiger partial charge is 0.110 e. The van der Waals surface area contributed by atoms with Crippen LogP contribution in [0.5, 0.6) is 0 Å². The average Bonchev–Trinajstić information content (AvgIpc) is 2.94. The maximum atomic E-state index is 8.95. The zero-order valence-corrected chi connectivity index (χ0v) is 9.76. The molecule has 0 aromatic carbocycles. The van der Waals surface area contributed by atoms with Gasteiger partial charge < -0.3 is 5.32 Å². The molecule has 0 aliphatic heterocycles. The molecule has 0 amide bonds. The first-order valence-corrected chi connectivity index (χ1v) is 6.27. The van der Waals surface area contributed by atoms with Crippen LogP contribution < -0.4 is 5.32 Å². The van der Waals surface area contributed by atoms with E-state index < -0.39 is 0 Å². The van der Waals surface area contributed by atoms with Crippen LogP contribution in [0.15, 0.2) is 12.1 Å². The van der Waals surface area contributed by atoms with Crippen molar-refractivity contribution in [3.8, 4) is 12.1 Å². The first kappa shape index (κ1) is 11.1. The lowest BCUT2D eigenvalue weighted by Gasteiger charge is -2.14. The van der Waals surface area contributed by atoms with Gasteiger partial charge in [0.2, 0.25) is 0 Å². The first-order chi connectivity index (χ1) is 7.83. The molecule has 1 N–H and O–H groups in total. The molecule has 1 heterocycles. The van der Waals surface area contributed by atoms with E-state index >= 15 is 0 Å². The van der Waals surface area contributed by atoms with Crippen LogP contribution in [0.2, 0.25) is 0 Å². The number of hydrogen-bond donors (Lipinski definition) is 1. The fraction of sp³-hybridized carbons (Fsp3) is 0.500. The van der Waals surface area contributed by atoms with Crippen LogP contribution >= 0.6 is 11.3 Å². The minimum Gasteiger partial charge on any atom is -0.308 e. The number of nitriles is 2. The molecule has 0 bridgehead atoms. The third-order valence-corrected chi connectivity index (χ3v) is 3.98. The molecule has 2 rings (SSSR count). The molecule has 3 nitrogen and oxygen atoms in total. The van der Waals surface area contributed by atoms with Gasteiger partial charge in [0.15, 0.2) is 0 Å². The predicted molar refractivity (Wildman–Crippen MR) is 62.6 cm³/mol. The third-order valence-electron chi connectivity index (χ3n) is 2.99. The molecule has 1 fully saturated rings. The molecule has 1 aliphatic carbocycles. The Kier molecular flexibility index (Phi) is 3.56. The van der Waals surface area contributed by atoms with Gasteiger partial charge in [0, 0.05) is 17.5 Å². The Morgan fingerprint density at radius 3 is 2.94 bits per heavy atom. The van der Waals surface area contributed by atoms with E-state index in [0.717, 1.165) is 30.7 Å². The lowest BCUT2D eigenvalue weighted by molar-refractivity contribution is 0.466. The number of rotatable bonds is 3. The van der Waals surface area contributed by atoms with E-state index in [1.165, 1.54) is 16.2 Å². The SMILES string of the molecule is N#Cc1ccc(CNC2CCCC2C#N)s1. The molecule has 0 radical (unpaired) electrons. The maximum Gasteiger partial charge on any atom is 0.110 e. The summed E-state index contributed by atoms with van der Waals surface area (Å²) in [5, 5.41) is 21.1. The quantitative estimate of drug-likeness (QED) is 0.869. The van der Waals surface area contributed by atoms with Crippen molar-refractivity contribution in [3.05, 3.63) is 21.9 Å². The van der Waals surface area contributed by atoms with Crippen LogP contribution in [0.1, 0.15) is 29.0 Å². The summed E-state index contributed by atoms with van der Waals surface area (Å²) in [5.74, 6) is 0.162. The summed E-state index contributed by atoms with van der Waals surface area (Å²) in [6, 6.07) is 8.64. The Morgan fingerprint density at radius 2 is 2.25 bits per heavy atom. The topological polar surface area (TPSA) is 59.6 Å². The number of nitrogens with zero attached hydrogens (tertiary/aromatic N) is 2. The van der Waals surface area contributed by atoms with Gasteiger partial charge in [0.05, 0.1) is 12.0 Å². The number of thiophene rings is 1. The van der Waals surface area contributed by atoms with Crippen molar-refractivity contribution < 1.29 is 0 Å². The Labute approximate surface area is 99.3 Å². The average molecular weight is 231 g/mol. The van der Waals surface area contributed by atoms with Crippen LogP contribution in [0.25, 0.3) is 0 Å². The highest BCUT2D eigenvalue weighted by Gasteiger charge is 2.26. The minimum absolute atomic E-state index is 0.162. The van der Waals surface area contributed by atoms with Gasteiger partial charge in [-0.3, -0.25) is 0 Å². The molecule has 0 saturated heterocycles. The summed E-state index contributed by atoms with van der Waals surface area (Å²) in [5.41, 5.74) is 0. The molecule has 2 unspecified atom stereocenters. The first-order valence-electron chi connectivity index (χ1n) is 5.45. The highest BCUT2D eigenvalue weighted by molar-refractivity contribution is 7.12. The van der Waals surface area contributed by atoms with Gasteiger partial charge in [-0.2, -0.15) is 10.5 Å². The second-order valence-electron chi connectivity index (χ2n) is 4.03. The van der Waals surface area contributed by atoms with E-state index in [1.54, 1.807) is 0 Å². The van der Waals surface area contributed by atoms with Gasteiger partial charge in [0.1, 0.15) is 10.9 Å². The van der Waals surface area contributed by atoms with Gasteiger partial charge in [-0.15, -0.1) is 11.3 Å². The normalized spacial score (nSPS) is 23.9. The maximum absolute atomic E-state index is 8.95. The monoisotopic (exact) mass is 231 g/mol. The lowest BCUT2D eigenvalue weighted by atomic mass is 10.1. The van der Waals surface area contributed by atoms with E-state index in [1.807, 2.05) is 12.1 Å². The van der Waals surface area contributed by atoms with Crippen molar-refractivity contribution in [2.45, 2.75) is 31.8 Å². The molecule has 2 atom stereocenters. The van der Waals surface area contributed by atoms with Crippen molar-refractivity contribution in [2.75, 3.05) is 0 Å². The summed E-state index contributed by atoms with van der Waals surface area (Å²) in [4.78, 5) is 1.92. The van der Waals surface area contributed by atoms with Gasteiger partial charge in [-0.1, -0.05) is 6.42 Å². The van der Waals surface area contributed by atoms with Crippen molar-refractivity contribution in [1.82, 2.24) is 5.32 Å². The summed E-state index contributed by atoms with van der Waals surface area (Å²) in [6.45, 7) is 0.773. The molecule has 82 valence electrons. The van der Waals surface area contributed by atoms with Crippen LogP contribution in [0.4, 0.5) is 0 Å². The number of nitrogens with one attached hydrogen (secondary N) is 1. The standard InChI is InChI=1S/C12H13N3S/c13-6-9-2-1-3-12(9)15-8-11-5-4-10(7-14)16-11/h4-5,9,12,15H,1-3,8H2. The minimum atomic E-state index is 0.162. The second-order valence-corrected chi connectivity index (χ2v) is 5.20. The third kappa shape index (κ3) is 2.41. The van der Waals surface area contributed by atoms with E-state index in [2.05, 4.69) is 17.5 Å². The molecule has 1 aromatic heterocycles. The van der Waals surface area contributed by atoms with Gasteiger partial charge in [-0.25, -0.2) is 0 Å². The van der Waals surface area contributed by atoms with Crippen LogP contribution in [0, 0.1) is 28.6 Å².